The number of carbonyl (C=O) groups is 1. The molecule has 20 heavy (non-hydrogen) atoms. The molecule has 11 radical (unpaired) electrons. The maximum Gasteiger partial charge on any atom is 0.0545 e. The monoisotopic (exact) mass is 789 g/mol. The van der Waals surface area contributed by atoms with Gasteiger partial charge in [-0.2, -0.15) is 0 Å². The molecule has 0 saturated carbocycles. The van der Waals surface area contributed by atoms with Gasteiger partial charge in [0.15, 0.2) is 0 Å². The Labute approximate surface area is 299 Å². The summed E-state index contributed by atoms with van der Waals surface area (Å²) in [6, 6.07) is 4.82. The van der Waals surface area contributed by atoms with E-state index in [9.17, 15) is 4.79 Å². The minimum atomic E-state index is -0.656. The minimum Gasteiger partial charge on any atom is -0.695 e. The van der Waals surface area contributed by atoms with E-state index in [0.717, 1.165) is 0 Å². The van der Waals surface area contributed by atoms with Gasteiger partial charge in [0.05, 0.1) is 15.7 Å². The molecule has 1 N–H and O–H groups in total. The van der Waals surface area contributed by atoms with E-state index in [0.29, 0.717) is 0 Å². The Morgan fingerprint density at radius 1 is 0.950 bits per heavy atom. The molecule has 0 heterocycles. The first-order valence-corrected chi connectivity index (χ1v) is 3.31. The fourth-order valence-electron chi connectivity index (χ4n) is 0.730. The second-order valence-corrected chi connectivity index (χ2v) is 2.28. The largest absolute Gasteiger partial charge is 0.695 e. The fraction of sp³-hybridized carbons (Fsp3) is 0. The second-order valence-electron chi connectivity index (χ2n) is 2.28. The molecular weight excluding hydrogens is 786 g/mol. The van der Waals surface area contributed by atoms with Crippen LogP contribution in [0.3, 0.4) is 0 Å². The molecule has 1 aromatic carbocycles. The van der Waals surface area contributed by atoms with Crippen molar-refractivity contribution in [3.8, 4) is 5.75 Å². The summed E-state index contributed by atoms with van der Waals surface area (Å²) in [4.78, 5) is 10.5. The molecule has 1 aromatic rings. The van der Waals surface area contributed by atoms with Gasteiger partial charge in [-0.25, -0.2) is 0 Å². The molecule has 0 unspecified atom stereocenters. The normalized spacial score (nSPS) is 6.20. The van der Waals surface area contributed by atoms with Gasteiger partial charge in [-0.1, -0.05) is 5.91 Å². The smallest absolute Gasteiger partial charge is 0.0545 e. The summed E-state index contributed by atoms with van der Waals surface area (Å²) in [5.74, 6) is -0.965. The van der Waals surface area contributed by atoms with Crippen molar-refractivity contribution < 1.29 is 239 Å². The summed E-state index contributed by atoms with van der Waals surface area (Å²) in [5.41, 5.74) is -0.111. The van der Waals surface area contributed by atoms with Crippen molar-refractivity contribution in [3.05, 3.63) is 24.4 Å². The summed E-state index contributed by atoms with van der Waals surface area (Å²) >= 11 is 0. The van der Waals surface area contributed by atoms with Gasteiger partial charge in [-0.3, -0.25) is 10.9 Å². The molecule has 0 aliphatic carbocycles. The Balaban J connectivity index is -0.0000000483. The topological polar surface area (TPSA) is 51.4 Å². The van der Waals surface area contributed by atoms with Crippen LogP contribution >= 0.6 is 0 Å². The first kappa shape index (κ1) is 45.1. The van der Waals surface area contributed by atoms with Gasteiger partial charge < -0.3 is 40.0 Å². The third-order valence-electron chi connectivity index (χ3n) is 1.25. The molecular formula is C8H3B2NO2Y7-4. The predicted molar refractivity (Wildman–Crippen MR) is 49.9 cm³/mol. The van der Waals surface area contributed by atoms with Crippen LogP contribution < -0.4 is 10.9 Å². The molecule has 83 valence electrons. The van der Waals surface area contributed by atoms with Crippen LogP contribution in [0.15, 0.2) is 0 Å². The fourth-order valence-corrected chi connectivity index (χ4v) is 0.730. The van der Waals surface area contributed by atoms with E-state index in [1.54, 1.807) is 0 Å². The standard InChI is InChI=1S/C8H4B2NO2.7Y/c1-4(12)11-5-2-6(9)8(13)7(10)3-5;;;;;;;/h1H2,(H2,11,12,13);;;;;;;/q-3;;;;;;;/p-1. The Kier molecular flexibility index (Phi) is 56.9. The van der Waals surface area contributed by atoms with Crippen LogP contribution in [0.4, 0.5) is 5.69 Å². The number of aromatic hydroxyl groups is 1. The second kappa shape index (κ2) is 25.2. The van der Waals surface area contributed by atoms with Crippen LogP contribution in [0, 0.1) is 19.1 Å². The summed E-state index contributed by atoms with van der Waals surface area (Å²) < 4.78 is 0. The van der Waals surface area contributed by atoms with Gasteiger partial charge in [0.2, 0.25) is 0 Å². The van der Waals surface area contributed by atoms with Gasteiger partial charge >= 0.3 is 0 Å². The number of benzene rings is 1. The number of carbonyl (C=O) groups excluding carboxylic acids is 1. The van der Waals surface area contributed by atoms with Gasteiger partial charge in [-0.05, 0) is 0 Å². The molecule has 0 spiro atoms. The molecule has 0 bridgehead atoms. The van der Waals surface area contributed by atoms with Crippen LogP contribution in [-0.4, -0.2) is 26.7 Å². The molecule has 0 saturated heterocycles. The van der Waals surface area contributed by atoms with E-state index in [-0.39, 0.29) is 251 Å². The average molecular weight is 789 g/mol. The number of phenols is 1. The summed E-state index contributed by atoms with van der Waals surface area (Å²) in [5, 5.41) is 12.5. The van der Waals surface area contributed by atoms with Crippen LogP contribution in [0.5, 0.6) is 5.75 Å². The summed E-state index contributed by atoms with van der Waals surface area (Å²) in [7, 11) is 10.6. The molecule has 0 atom stereocenters. The van der Waals surface area contributed by atoms with Crippen molar-refractivity contribution >= 4 is 38.2 Å². The van der Waals surface area contributed by atoms with Gasteiger partial charge in [0, 0.05) is 229 Å². The predicted octanol–water partition coefficient (Wildman–Crippen LogP) is -1.07. The van der Waals surface area contributed by atoms with Crippen molar-refractivity contribution in [2.45, 2.75) is 0 Å². The molecule has 12 heteroatoms. The van der Waals surface area contributed by atoms with Crippen LogP contribution in [0.2, 0.25) is 0 Å². The van der Waals surface area contributed by atoms with Crippen LogP contribution in [0.1, 0.15) is 0 Å². The van der Waals surface area contributed by atoms with Crippen LogP contribution in [0.25, 0.3) is 5.32 Å². The molecule has 1 rings (SSSR count). The van der Waals surface area contributed by atoms with E-state index < -0.39 is 5.91 Å². The SMILES string of the molecule is [B]c1[c-]c([N-]C([CH2-])=O)[c-]c([B])c1O.[Y].[Y].[Y].[Y].[Y].[Y].[Y]. The zero-order chi connectivity index (χ0) is 10.0. The number of hydrogen-bond acceptors (Lipinski definition) is 2. The Morgan fingerprint density at radius 2 is 1.25 bits per heavy atom. The first-order chi connectivity index (χ1) is 6.00. The molecule has 0 aliphatic heterocycles. The van der Waals surface area contributed by atoms with Crippen molar-refractivity contribution in [2.75, 3.05) is 0 Å². The molecule has 0 fully saturated rings. The van der Waals surface area contributed by atoms with Gasteiger partial charge in [0.1, 0.15) is 0 Å². The zero-order valence-electron chi connectivity index (χ0n) is 10.7. The number of nitrogens with zero attached hydrogens (tertiary/aromatic N) is 1. The quantitative estimate of drug-likeness (QED) is 0.292. The van der Waals surface area contributed by atoms with Crippen molar-refractivity contribution in [3.63, 3.8) is 0 Å². The Hall–Kier alpha value is 6.22. The Bertz CT molecular complexity index is 348. The number of amides is 1. The zero-order valence-corrected chi connectivity index (χ0v) is 30.6. The molecule has 3 nitrogen and oxygen atoms in total. The molecule has 1 amide bonds. The minimum absolute atomic E-state index is 0. The maximum atomic E-state index is 10.5. The van der Waals surface area contributed by atoms with Crippen LogP contribution in [-0.2, 0) is 234 Å². The molecule has 0 aromatic heterocycles. The number of rotatable bonds is 1. The number of phenolic OH excluding ortho intramolecular Hbond substituents is 1. The first-order valence-electron chi connectivity index (χ1n) is 3.31. The van der Waals surface area contributed by atoms with E-state index in [2.05, 4.69) is 24.4 Å². The number of hydrogen-bond donors (Lipinski definition) is 1. The van der Waals surface area contributed by atoms with E-state index in [4.69, 9.17) is 20.8 Å². The third-order valence-corrected chi connectivity index (χ3v) is 1.25. The van der Waals surface area contributed by atoms with Crippen molar-refractivity contribution in [1.29, 1.82) is 0 Å². The van der Waals surface area contributed by atoms with E-state index >= 15 is 0 Å². The van der Waals surface area contributed by atoms with E-state index in [1.165, 1.54) is 0 Å². The van der Waals surface area contributed by atoms with E-state index in [1.807, 2.05) is 0 Å². The Morgan fingerprint density at radius 3 is 1.50 bits per heavy atom. The van der Waals surface area contributed by atoms with Gasteiger partial charge in [0.25, 0.3) is 0 Å². The molecule has 0 aliphatic rings. The summed E-state index contributed by atoms with van der Waals surface area (Å²) in [6.45, 7) is 3.03. The summed E-state index contributed by atoms with van der Waals surface area (Å²) in [6.07, 6.45) is 0. The third kappa shape index (κ3) is 19.0. The van der Waals surface area contributed by atoms with Gasteiger partial charge in [-0.15, -0.1) is 5.75 Å². The van der Waals surface area contributed by atoms with Crippen molar-refractivity contribution in [2.24, 2.45) is 0 Å². The average Bonchev–Trinajstić information content (AvgIpc) is 1.98. The maximum absolute atomic E-state index is 10.5. The van der Waals surface area contributed by atoms with Crippen molar-refractivity contribution in [1.82, 2.24) is 0 Å².